The summed E-state index contributed by atoms with van der Waals surface area (Å²) >= 11 is 0. The average molecular weight is 343 g/mol. The van der Waals surface area contributed by atoms with Crippen LogP contribution in [0.3, 0.4) is 0 Å². The number of hydrogen-bond donors (Lipinski definition) is 1. The number of para-hydroxylation sites is 1. The summed E-state index contributed by atoms with van der Waals surface area (Å²) in [6.45, 7) is 0. The Bertz CT molecular complexity index is 1130. The third kappa shape index (κ3) is 2.26. The van der Waals surface area contributed by atoms with Gasteiger partial charge in [0.15, 0.2) is 0 Å². The topological polar surface area (TPSA) is 102 Å². The van der Waals surface area contributed by atoms with Crippen molar-refractivity contribution in [3.63, 3.8) is 0 Å². The molecule has 126 valence electrons. The van der Waals surface area contributed by atoms with Gasteiger partial charge in [0.1, 0.15) is 17.4 Å². The highest BCUT2D eigenvalue weighted by Gasteiger charge is 2.35. The number of nitro groups is 1. The highest BCUT2D eigenvalue weighted by atomic mass is 16.6. The number of nitriles is 1. The Balaban J connectivity index is 2.05. The second-order valence-electron chi connectivity index (χ2n) is 5.95. The van der Waals surface area contributed by atoms with Crippen LogP contribution in [0.2, 0.25) is 0 Å². The van der Waals surface area contributed by atoms with Crippen LogP contribution in [-0.2, 0) is 0 Å². The van der Waals surface area contributed by atoms with E-state index in [0.29, 0.717) is 16.9 Å². The van der Waals surface area contributed by atoms with Gasteiger partial charge in [-0.15, -0.1) is 0 Å². The zero-order chi connectivity index (χ0) is 18.3. The second kappa shape index (κ2) is 5.90. The predicted octanol–water partition coefficient (Wildman–Crippen LogP) is 3.97. The van der Waals surface area contributed by atoms with Gasteiger partial charge in [-0.2, -0.15) is 5.26 Å². The minimum Gasteiger partial charge on any atom is -0.440 e. The molecule has 0 amide bonds. The minimum atomic E-state index is -0.657. The molecular formula is C20H13N3O3. The summed E-state index contributed by atoms with van der Waals surface area (Å²) in [5.74, 6) is -0.155. The van der Waals surface area contributed by atoms with E-state index in [1.807, 2.05) is 36.4 Å². The quantitative estimate of drug-likeness (QED) is 0.560. The number of ether oxygens (including phenoxy) is 1. The van der Waals surface area contributed by atoms with Gasteiger partial charge in [0.05, 0.1) is 10.8 Å². The molecule has 1 heterocycles. The first-order valence-corrected chi connectivity index (χ1v) is 7.94. The first-order chi connectivity index (χ1) is 12.6. The van der Waals surface area contributed by atoms with Crippen LogP contribution in [0, 0.1) is 21.4 Å². The Hall–Kier alpha value is -3.85. The number of fused-ring (bicyclic) bond motifs is 3. The lowest BCUT2D eigenvalue weighted by molar-refractivity contribution is -0.385. The fourth-order valence-corrected chi connectivity index (χ4v) is 3.40. The molecule has 26 heavy (non-hydrogen) atoms. The number of rotatable bonds is 2. The van der Waals surface area contributed by atoms with Gasteiger partial charge in [0, 0.05) is 22.6 Å². The SMILES string of the molecule is N#CC1=C(N)Oc2c(ccc3ccccc23)C1c1ccccc1[N+](=O)[O-]. The molecule has 1 atom stereocenters. The van der Waals surface area contributed by atoms with Crippen molar-refractivity contribution in [1.29, 1.82) is 5.26 Å². The monoisotopic (exact) mass is 343 g/mol. The highest BCUT2D eigenvalue weighted by molar-refractivity contribution is 5.91. The van der Waals surface area contributed by atoms with Crippen LogP contribution in [-0.4, -0.2) is 4.92 Å². The van der Waals surface area contributed by atoms with E-state index in [4.69, 9.17) is 10.5 Å². The molecule has 0 saturated carbocycles. The Morgan fingerprint density at radius 1 is 1.04 bits per heavy atom. The number of nitrogens with zero attached hydrogens (tertiary/aromatic N) is 2. The molecule has 4 rings (SSSR count). The number of hydrogen-bond acceptors (Lipinski definition) is 5. The predicted molar refractivity (Wildman–Crippen MR) is 96.3 cm³/mol. The molecule has 6 nitrogen and oxygen atoms in total. The smallest absolute Gasteiger partial charge is 0.273 e. The van der Waals surface area contributed by atoms with E-state index in [0.717, 1.165) is 10.8 Å². The fourth-order valence-electron chi connectivity index (χ4n) is 3.40. The van der Waals surface area contributed by atoms with Crippen molar-refractivity contribution < 1.29 is 9.66 Å². The van der Waals surface area contributed by atoms with Gasteiger partial charge in [0.2, 0.25) is 5.88 Å². The molecule has 3 aromatic carbocycles. The summed E-state index contributed by atoms with van der Waals surface area (Å²) in [4.78, 5) is 11.1. The fraction of sp³-hybridized carbons (Fsp3) is 0.0500. The van der Waals surface area contributed by atoms with E-state index in [2.05, 4.69) is 6.07 Å². The van der Waals surface area contributed by atoms with Gasteiger partial charge in [-0.3, -0.25) is 10.1 Å². The molecule has 0 spiro atoms. The van der Waals surface area contributed by atoms with E-state index in [1.54, 1.807) is 18.2 Å². The lowest BCUT2D eigenvalue weighted by atomic mass is 9.82. The largest absolute Gasteiger partial charge is 0.440 e. The molecule has 0 saturated heterocycles. The Morgan fingerprint density at radius 2 is 1.77 bits per heavy atom. The van der Waals surface area contributed by atoms with Crippen molar-refractivity contribution in [2.75, 3.05) is 0 Å². The van der Waals surface area contributed by atoms with Crippen molar-refractivity contribution in [1.82, 2.24) is 0 Å². The molecule has 1 aliphatic heterocycles. The molecule has 1 unspecified atom stereocenters. The number of allylic oxidation sites excluding steroid dienone is 1. The van der Waals surface area contributed by atoms with Crippen molar-refractivity contribution in [3.05, 3.63) is 93.4 Å². The molecule has 0 fully saturated rings. The second-order valence-corrected chi connectivity index (χ2v) is 5.95. The van der Waals surface area contributed by atoms with Crippen LogP contribution in [0.1, 0.15) is 17.0 Å². The Morgan fingerprint density at radius 3 is 2.54 bits per heavy atom. The number of nitro benzene ring substituents is 1. The number of nitrogens with two attached hydrogens (primary N) is 1. The van der Waals surface area contributed by atoms with E-state index in [1.165, 1.54) is 6.07 Å². The van der Waals surface area contributed by atoms with Crippen LogP contribution < -0.4 is 10.5 Å². The molecule has 0 radical (unpaired) electrons. The van der Waals surface area contributed by atoms with Crippen molar-refractivity contribution in [2.24, 2.45) is 5.73 Å². The van der Waals surface area contributed by atoms with Gasteiger partial charge in [-0.05, 0) is 5.39 Å². The molecular weight excluding hydrogens is 330 g/mol. The normalized spacial score (nSPS) is 15.9. The summed E-state index contributed by atoms with van der Waals surface area (Å²) in [5, 5.41) is 22.9. The molecule has 2 N–H and O–H groups in total. The standard InChI is InChI=1S/C20H13N3O3/c21-11-16-18(14-7-3-4-8-17(14)23(24)25)15-10-9-12-5-1-2-6-13(12)19(15)26-20(16)22/h1-10,18H,22H2. The van der Waals surface area contributed by atoms with Gasteiger partial charge < -0.3 is 10.5 Å². The van der Waals surface area contributed by atoms with Crippen LogP contribution in [0.5, 0.6) is 5.75 Å². The third-order valence-electron chi connectivity index (χ3n) is 4.55. The molecule has 1 aliphatic rings. The third-order valence-corrected chi connectivity index (χ3v) is 4.55. The summed E-state index contributed by atoms with van der Waals surface area (Å²) in [5.41, 5.74) is 7.22. The average Bonchev–Trinajstić information content (AvgIpc) is 2.66. The molecule has 0 aromatic heterocycles. The first-order valence-electron chi connectivity index (χ1n) is 7.94. The van der Waals surface area contributed by atoms with E-state index >= 15 is 0 Å². The lowest BCUT2D eigenvalue weighted by Crippen LogP contribution is -2.21. The molecule has 0 bridgehead atoms. The molecule has 0 aliphatic carbocycles. The lowest BCUT2D eigenvalue weighted by Gasteiger charge is -2.27. The van der Waals surface area contributed by atoms with E-state index in [9.17, 15) is 15.4 Å². The van der Waals surface area contributed by atoms with Crippen LogP contribution in [0.15, 0.2) is 72.1 Å². The zero-order valence-electron chi connectivity index (χ0n) is 13.5. The van der Waals surface area contributed by atoms with Crippen LogP contribution >= 0.6 is 0 Å². The van der Waals surface area contributed by atoms with E-state index < -0.39 is 10.8 Å². The summed E-state index contributed by atoms with van der Waals surface area (Å²) < 4.78 is 5.77. The van der Waals surface area contributed by atoms with Crippen LogP contribution in [0.4, 0.5) is 5.69 Å². The maximum absolute atomic E-state index is 11.5. The maximum Gasteiger partial charge on any atom is 0.273 e. The maximum atomic E-state index is 11.5. The van der Waals surface area contributed by atoms with Crippen molar-refractivity contribution in [2.45, 2.75) is 5.92 Å². The first kappa shape index (κ1) is 15.7. The minimum absolute atomic E-state index is 0.0282. The molecule has 6 heteroatoms. The van der Waals surface area contributed by atoms with E-state index in [-0.39, 0.29) is 17.1 Å². The number of benzene rings is 3. The van der Waals surface area contributed by atoms with Crippen molar-refractivity contribution in [3.8, 4) is 11.8 Å². The van der Waals surface area contributed by atoms with Crippen LogP contribution in [0.25, 0.3) is 10.8 Å². The van der Waals surface area contributed by atoms with Gasteiger partial charge >= 0.3 is 0 Å². The zero-order valence-corrected chi connectivity index (χ0v) is 13.5. The van der Waals surface area contributed by atoms with Crippen molar-refractivity contribution >= 4 is 16.5 Å². The molecule has 3 aromatic rings. The summed E-state index contributed by atoms with van der Waals surface area (Å²) in [6, 6.07) is 19.8. The van der Waals surface area contributed by atoms with Gasteiger partial charge in [0.25, 0.3) is 5.69 Å². The summed E-state index contributed by atoms with van der Waals surface area (Å²) in [6.07, 6.45) is 0. The van der Waals surface area contributed by atoms with Gasteiger partial charge in [-0.25, -0.2) is 0 Å². The summed E-state index contributed by atoms with van der Waals surface area (Å²) in [7, 11) is 0. The van der Waals surface area contributed by atoms with Gasteiger partial charge in [-0.1, -0.05) is 54.6 Å². The highest BCUT2D eigenvalue weighted by Crippen LogP contribution is 2.47. The Kier molecular flexibility index (Phi) is 3.55. The Labute approximate surface area is 148 Å².